The number of carbonyl (C=O) groups excluding carboxylic acids is 2. The Morgan fingerprint density at radius 3 is 2.43 bits per heavy atom. The van der Waals surface area contributed by atoms with Crippen molar-refractivity contribution in [3.05, 3.63) is 91.8 Å². The molecular weight excluding hydrogens is 509 g/mol. The number of rotatable bonds is 6. The molecule has 0 radical (unpaired) electrons. The Labute approximate surface area is 184 Å². The minimum absolute atomic E-state index is 0.207. The van der Waals surface area contributed by atoms with Crippen molar-refractivity contribution >= 4 is 60.8 Å². The molecule has 1 amide bonds. The van der Waals surface area contributed by atoms with E-state index in [1.54, 1.807) is 48.5 Å². The Morgan fingerprint density at radius 1 is 0.964 bits per heavy atom. The largest absolute Gasteiger partial charge is 0.483 e. The lowest BCUT2D eigenvalue weighted by Crippen LogP contribution is -2.21. The van der Waals surface area contributed by atoms with Crippen LogP contribution in [0.5, 0.6) is 5.75 Å². The van der Waals surface area contributed by atoms with Gasteiger partial charge in [0.05, 0.1) is 10.2 Å². The van der Waals surface area contributed by atoms with Gasteiger partial charge in [-0.05, 0) is 52.3 Å². The van der Waals surface area contributed by atoms with Crippen molar-refractivity contribution in [2.24, 2.45) is 0 Å². The van der Waals surface area contributed by atoms with E-state index >= 15 is 0 Å². The van der Waals surface area contributed by atoms with E-state index in [1.807, 2.05) is 18.2 Å². The zero-order valence-electron chi connectivity index (χ0n) is 14.4. The van der Waals surface area contributed by atoms with Gasteiger partial charge in [0.15, 0.2) is 12.4 Å². The van der Waals surface area contributed by atoms with Gasteiger partial charge in [-0.25, -0.2) is 0 Å². The highest BCUT2D eigenvalue weighted by Gasteiger charge is 2.16. The molecule has 0 saturated heterocycles. The first-order chi connectivity index (χ1) is 13.4. The third-order valence-electron chi connectivity index (χ3n) is 3.79. The molecule has 0 aliphatic heterocycles. The monoisotopic (exact) mass is 521 g/mol. The van der Waals surface area contributed by atoms with Crippen LogP contribution in [-0.2, 0) is 4.79 Å². The SMILES string of the molecule is O=C(COc1ccc(Br)cc1Br)Nc1ccc(Cl)cc1C(=O)c1ccccc1. The minimum atomic E-state index is -0.390. The summed E-state index contributed by atoms with van der Waals surface area (Å²) in [6.07, 6.45) is 0. The Morgan fingerprint density at radius 2 is 1.71 bits per heavy atom. The molecule has 28 heavy (non-hydrogen) atoms. The lowest BCUT2D eigenvalue weighted by Gasteiger charge is -2.12. The van der Waals surface area contributed by atoms with Crippen molar-refractivity contribution < 1.29 is 14.3 Å². The van der Waals surface area contributed by atoms with E-state index in [0.29, 0.717) is 27.6 Å². The molecule has 3 rings (SSSR count). The average molecular weight is 524 g/mol. The van der Waals surface area contributed by atoms with Gasteiger partial charge in [-0.2, -0.15) is 0 Å². The molecule has 0 atom stereocenters. The van der Waals surface area contributed by atoms with Crippen LogP contribution >= 0.6 is 43.5 Å². The van der Waals surface area contributed by atoms with E-state index in [4.69, 9.17) is 16.3 Å². The van der Waals surface area contributed by atoms with Gasteiger partial charge in [-0.1, -0.05) is 57.9 Å². The summed E-state index contributed by atoms with van der Waals surface area (Å²) in [4.78, 5) is 25.2. The number of nitrogens with one attached hydrogen (secondary N) is 1. The maximum Gasteiger partial charge on any atom is 0.262 e. The summed E-state index contributed by atoms with van der Waals surface area (Å²) >= 11 is 12.8. The number of halogens is 3. The Bertz CT molecular complexity index is 1030. The van der Waals surface area contributed by atoms with Crippen molar-refractivity contribution in [3.63, 3.8) is 0 Å². The van der Waals surface area contributed by atoms with Crippen LogP contribution in [0.25, 0.3) is 0 Å². The zero-order valence-corrected chi connectivity index (χ0v) is 18.3. The number of ketones is 1. The van der Waals surface area contributed by atoms with Crippen molar-refractivity contribution in [2.75, 3.05) is 11.9 Å². The fourth-order valence-corrected chi connectivity index (χ4v) is 3.81. The highest BCUT2D eigenvalue weighted by atomic mass is 79.9. The number of benzene rings is 3. The van der Waals surface area contributed by atoms with Crippen LogP contribution in [0.1, 0.15) is 15.9 Å². The van der Waals surface area contributed by atoms with Crippen LogP contribution in [0.15, 0.2) is 75.7 Å². The summed E-state index contributed by atoms with van der Waals surface area (Å²) < 4.78 is 7.16. The smallest absolute Gasteiger partial charge is 0.262 e. The van der Waals surface area contributed by atoms with Crippen molar-refractivity contribution in [2.45, 2.75) is 0 Å². The molecule has 0 saturated carbocycles. The number of hydrogen-bond donors (Lipinski definition) is 1. The molecule has 0 unspecified atom stereocenters. The second kappa shape index (κ2) is 9.37. The standard InChI is InChI=1S/C21H14Br2ClNO3/c22-14-6-9-19(17(23)10-14)28-12-20(26)25-18-8-7-15(24)11-16(18)21(27)13-4-2-1-3-5-13/h1-11H,12H2,(H,25,26). The highest BCUT2D eigenvalue weighted by molar-refractivity contribution is 9.11. The fraction of sp³-hybridized carbons (Fsp3) is 0.0476. The molecule has 3 aromatic rings. The van der Waals surface area contributed by atoms with E-state index in [2.05, 4.69) is 37.2 Å². The summed E-state index contributed by atoms with van der Waals surface area (Å²) in [5, 5.41) is 3.13. The Balaban J connectivity index is 1.75. The molecule has 0 spiro atoms. The first-order valence-corrected chi connectivity index (χ1v) is 10.2. The van der Waals surface area contributed by atoms with Crippen molar-refractivity contribution in [1.29, 1.82) is 0 Å². The van der Waals surface area contributed by atoms with Crippen LogP contribution in [0.3, 0.4) is 0 Å². The summed E-state index contributed by atoms with van der Waals surface area (Å²) in [5.74, 6) is -0.0794. The summed E-state index contributed by atoms with van der Waals surface area (Å²) in [6, 6.07) is 18.9. The van der Waals surface area contributed by atoms with Gasteiger partial charge >= 0.3 is 0 Å². The van der Waals surface area contributed by atoms with Gasteiger partial charge in [0.25, 0.3) is 5.91 Å². The summed E-state index contributed by atoms with van der Waals surface area (Å²) in [6.45, 7) is -0.207. The first-order valence-electron chi connectivity index (χ1n) is 8.21. The maximum atomic E-state index is 12.8. The van der Waals surface area contributed by atoms with Crippen molar-refractivity contribution in [1.82, 2.24) is 0 Å². The van der Waals surface area contributed by atoms with E-state index < -0.39 is 0 Å². The molecule has 7 heteroatoms. The molecule has 0 bridgehead atoms. The van der Waals surface area contributed by atoms with Gasteiger partial charge in [0.1, 0.15) is 5.75 Å². The van der Waals surface area contributed by atoms with Crippen molar-refractivity contribution in [3.8, 4) is 5.75 Å². The number of hydrogen-bond acceptors (Lipinski definition) is 3. The average Bonchev–Trinajstić information content (AvgIpc) is 2.69. The zero-order chi connectivity index (χ0) is 20.1. The number of ether oxygens (including phenoxy) is 1. The third-order valence-corrected chi connectivity index (χ3v) is 5.14. The summed E-state index contributed by atoms with van der Waals surface area (Å²) in [5.41, 5.74) is 1.20. The van der Waals surface area contributed by atoms with Crippen LogP contribution in [0.2, 0.25) is 5.02 Å². The van der Waals surface area contributed by atoms with Gasteiger partial charge < -0.3 is 10.1 Å². The predicted molar refractivity (Wildman–Crippen MR) is 117 cm³/mol. The maximum absolute atomic E-state index is 12.8. The van der Waals surface area contributed by atoms with Crippen LogP contribution in [0.4, 0.5) is 5.69 Å². The van der Waals surface area contributed by atoms with Crippen LogP contribution < -0.4 is 10.1 Å². The third kappa shape index (κ3) is 5.22. The lowest BCUT2D eigenvalue weighted by atomic mass is 10.0. The molecule has 0 heterocycles. The van der Waals surface area contributed by atoms with Gasteiger partial charge in [0.2, 0.25) is 0 Å². The van der Waals surface area contributed by atoms with E-state index in [9.17, 15) is 9.59 Å². The molecule has 0 aliphatic carbocycles. The topological polar surface area (TPSA) is 55.4 Å². The summed E-state index contributed by atoms with van der Waals surface area (Å²) in [7, 11) is 0. The van der Waals surface area contributed by atoms with Crippen LogP contribution in [-0.4, -0.2) is 18.3 Å². The predicted octanol–water partition coefficient (Wildman–Crippen LogP) is 6.11. The van der Waals surface area contributed by atoms with Crippen LogP contribution in [0, 0.1) is 0 Å². The van der Waals surface area contributed by atoms with E-state index in [1.165, 1.54) is 0 Å². The Kier molecular flexibility index (Phi) is 6.88. The molecule has 1 N–H and O–H groups in total. The van der Waals surface area contributed by atoms with E-state index in [0.717, 1.165) is 8.95 Å². The molecule has 142 valence electrons. The normalized spacial score (nSPS) is 10.4. The molecule has 0 fully saturated rings. The number of carbonyl (C=O) groups is 2. The molecule has 0 aliphatic rings. The van der Waals surface area contributed by atoms with Gasteiger partial charge in [-0.15, -0.1) is 0 Å². The highest BCUT2D eigenvalue weighted by Crippen LogP contribution is 2.28. The molecular formula is C21H14Br2ClNO3. The Hall–Kier alpha value is -2.15. The number of amides is 1. The second-order valence-corrected chi connectivity index (χ2v) is 8.00. The molecule has 3 aromatic carbocycles. The van der Waals surface area contributed by atoms with Gasteiger partial charge in [0, 0.05) is 20.6 Å². The second-order valence-electron chi connectivity index (χ2n) is 5.80. The molecule has 4 nitrogen and oxygen atoms in total. The first kappa shape index (κ1) is 20.6. The molecule has 0 aromatic heterocycles. The minimum Gasteiger partial charge on any atom is -0.483 e. The van der Waals surface area contributed by atoms with E-state index in [-0.39, 0.29) is 18.3 Å². The lowest BCUT2D eigenvalue weighted by molar-refractivity contribution is -0.118. The quantitative estimate of drug-likeness (QED) is 0.397. The number of anilines is 1. The van der Waals surface area contributed by atoms with Gasteiger partial charge in [-0.3, -0.25) is 9.59 Å². The fourth-order valence-electron chi connectivity index (χ4n) is 2.48.